The molecule has 2 N–H and O–H groups in total. The number of nitrogens with one attached hydrogen (secondary N) is 2. The molecule has 2 aromatic carbocycles. The fourth-order valence-electron chi connectivity index (χ4n) is 3.74. The van der Waals surface area contributed by atoms with E-state index in [0.29, 0.717) is 32.6 Å². The zero-order chi connectivity index (χ0) is 20.3. The lowest BCUT2D eigenvalue weighted by Crippen LogP contribution is -2.40. The Morgan fingerprint density at radius 1 is 1.00 bits per heavy atom. The van der Waals surface area contributed by atoms with Crippen molar-refractivity contribution in [2.24, 2.45) is 5.41 Å². The van der Waals surface area contributed by atoms with Gasteiger partial charge in [-0.1, -0.05) is 36.4 Å². The molecule has 1 saturated carbocycles. The normalized spacial score (nSPS) is 17.5. The molecule has 2 aromatic rings. The first kappa shape index (κ1) is 19.5. The van der Waals surface area contributed by atoms with E-state index >= 15 is 0 Å². The smallest absolute Gasteiger partial charge is 0.240 e. The van der Waals surface area contributed by atoms with Crippen molar-refractivity contribution < 1.29 is 14.3 Å². The van der Waals surface area contributed by atoms with Gasteiger partial charge < -0.3 is 20.3 Å². The van der Waals surface area contributed by atoms with Gasteiger partial charge in [-0.2, -0.15) is 0 Å². The fraction of sp³-hybridized carbons (Fsp3) is 0.391. The summed E-state index contributed by atoms with van der Waals surface area (Å²) in [6.07, 6.45) is 1.16. The minimum Gasteiger partial charge on any atom is -0.378 e. The molecule has 1 aliphatic carbocycles. The van der Waals surface area contributed by atoms with E-state index in [-0.39, 0.29) is 11.8 Å². The third-order valence-electron chi connectivity index (χ3n) is 5.82. The van der Waals surface area contributed by atoms with Gasteiger partial charge in [-0.05, 0) is 43.0 Å². The van der Waals surface area contributed by atoms with Gasteiger partial charge in [0.05, 0.1) is 24.6 Å². The first-order valence-corrected chi connectivity index (χ1v) is 10.2. The molecule has 0 bridgehead atoms. The molecule has 1 aliphatic heterocycles. The van der Waals surface area contributed by atoms with E-state index in [0.717, 1.165) is 35.6 Å². The average molecular weight is 393 g/mol. The number of carbonyl (C=O) groups excluding carboxylic acids is 2. The van der Waals surface area contributed by atoms with Gasteiger partial charge in [-0.15, -0.1) is 0 Å². The number of morpholine rings is 1. The zero-order valence-electron chi connectivity index (χ0n) is 16.7. The van der Waals surface area contributed by atoms with E-state index in [2.05, 4.69) is 15.5 Å². The summed E-state index contributed by atoms with van der Waals surface area (Å²) < 4.78 is 5.43. The first-order valence-electron chi connectivity index (χ1n) is 10.2. The molecule has 1 saturated heterocycles. The summed E-state index contributed by atoms with van der Waals surface area (Å²) in [6, 6.07) is 15.7. The second-order valence-electron chi connectivity index (χ2n) is 7.76. The molecule has 6 heteroatoms. The number of nitrogens with zero attached hydrogens (tertiary/aromatic N) is 1. The predicted octanol–water partition coefficient (Wildman–Crippen LogP) is 2.87. The summed E-state index contributed by atoms with van der Waals surface area (Å²) in [7, 11) is 0. The monoisotopic (exact) mass is 393 g/mol. The van der Waals surface area contributed by atoms with E-state index in [1.807, 2.05) is 55.5 Å². The lowest BCUT2D eigenvalue weighted by molar-refractivity contribution is -0.134. The van der Waals surface area contributed by atoms with Gasteiger partial charge in [0, 0.05) is 19.6 Å². The van der Waals surface area contributed by atoms with Crippen molar-refractivity contribution in [3.63, 3.8) is 0 Å². The van der Waals surface area contributed by atoms with Crippen LogP contribution in [-0.4, -0.2) is 38.1 Å². The number of benzene rings is 2. The molecule has 0 aromatic heterocycles. The molecule has 0 atom stereocenters. The molecule has 2 aliphatic rings. The molecule has 6 nitrogen and oxygen atoms in total. The van der Waals surface area contributed by atoms with Gasteiger partial charge in [0.2, 0.25) is 11.8 Å². The van der Waals surface area contributed by atoms with E-state index in [1.165, 1.54) is 0 Å². The summed E-state index contributed by atoms with van der Waals surface area (Å²) >= 11 is 0. The number of carbonyl (C=O) groups is 2. The minimum absolute atomic E-state index is 0.192. The Balaban J connectivity index is 1.43. The van der Waals surface area contributed by atoms with Crippen molar-refractivity contribution in [3.8, 4) is 0 Å². The average Bonchev–Trinajstić information content (AvgIpc) is 3.56. The minimum atomic E-state index is -0.958. The van der Waals surface area contributed by atoms with Crippen molar-refractivity contribution in [1.82, 2.24) is 5.32 Å². The number of rotatable bonds is 6. The molecule has 0 radical (unpaired) electrons. The standard InChI is InChI=1S/C23H27N3O3/c1-17-6-2-3-7-18(17)16-24-21(27)23(10-11-23)22(28)25-19-8-4-5-9-20(19)26-12-14-29-15-13-26/h2-9H,10-16H2,1H3,(H,24,27)(H,25,28). The quantitative estimate of drug-likeness (QED) is 0.741. The molecule has 4 rings (SSSR count). The van der Waals surface area contributed by atoms with Crippen molar-refractivity contribution in [1.29, 1.82) is 0 Å². The number of anilines is 2. The van der Waals surface area contributed by atoms with E-state index in [1.54, 1.807) is 0 Å². The van der Waals surface area contributed by atoms with Crippen LogP contribution in [0, 0.1) is 12.3 Å². The van der Waals surface area contributed by atoms with Gasteiger partial charge in [0.1, 0.15) is 5.41 Å². The number of amides is 2. The molecule has 152 valence electrons. The van der Waals surface area contributed by atoms with Crippen LogP contribution in [0.3, 0.4) is 0 Å². The molecule has 2 amide bonds. The van der Waals surface area contributed by atoms with Crippen LogP contribution in [0.25, 0.3) is 0 Å². The van der Waals surface area contributed by atoms with Gasteiger partial charge in [0.25, 0.3) is 0 Å². The van der Waals surface area contributed by atoms with Crippen molar-refractivity contribution >= 4 is 23.2 Å². The molecule has 2 fully saturated rings. The highest BCUT2D eigenvalue weighted by molar-refractivity contribution is 6.13. The van der Waals surface area contributed by atoms with Crippen LogP contribution in [0.2, 0.25) is 0 Å². The van der Waals surface area contributed by atoms with E-state index in [4.69, 9.17) is 4.74 Å². The second-order valence-corrected chi connectivity index (χ2v) is 7.76. The summed E-state index contributed by atoms with van der Waals surface area (Å²) in [4.78, 5) is 28.1. The molecule has 1 heterocycles. The Morgan fingerprint density at radius 2 is 1.69 bits per heavy atom. The highest BCUT2D eigenvalue weighted by Gasteiger charge is 2.56. The predicted molar refractivity (Wildman–Crippen MR) is 113 cm³/mol. The number of para-hydroxylation sites is 2. The number of aryl methyl sites for hydroxylation is 1. The Morgan fingerprint density at radius 3 is 2.41 bits per heavy atom. The van der Waals surface area contributed by atoms with Crippen LogP contribution in [0.4, 0.5) is 11.4 Å². The van der Waals surface area contributed by atoms with Crippen LogP contribution in [0.15, 0.2) is 48.5 Å². The maximum Gasteiger partial charge on any atom is 0.240 e. The third kappa shape index (κ3) is 4.12. The number of ether oxygens (including phenoxy) is 1. The summed E-state index contributed by atoms with van der Waals surface area (Å²) in [5.41, 5.74) is 2.95. The van der Waals surface area contributed by atoms with E-state index < -0.39 is 5.41 Å². The molecular formula is C23H27N3O3. The molecule has 29 heavy (non-hydrogen) atoms. The van der Waals surface area contributed by atoms with Crippen molar-refractivity contribution in [2.45, 2.75) is 26.3 Å². The Kier molecular flexibility index (Phi) is 5.53. The lowest BCUT2D eigenvalue weighted by Gasteiger charge is -2.30. The summed E-state index contributed by atoms with van der Waals surface area (Å²) in [6.45, 7) is 5.37. The van der Waals surface area contributed by atoms with Gasteiger partial charge in [-0.25, -0.2) is 0 Å². The molecule has 0 unspecified atom stereocenters. The zero-order valence-corrected chi connectivity index (χ0v) is 16.7. The maximum atomic E-state index is 13.0. The SMILES string of the molecule is Cc1ccccc1CNC(=O)C1(C(=O)Nc2ccccc2N2CCOCC2)CC1. The van der Waals surface area contributed by atoms with Crippen molar-refractivity contribution in [2.75, 3.05) is 36.5 Å². The van der Waals surface area contributed by atoms with Crippen molar-refractivity contribution in [3.05, 3.63) is 59.7 Å². The lowest BCUT2D eigenvalue weighted by atomic mass is 10.0. The van der Waals surface area contributed by atoms with Gasteiger partial charge in [0.15, 0.2) is 0 Å². The topological polar surface area (TPSA) is 70.7 Å². The highest BCUT2D eigenvalue weighted by Crippen LogP contribution is 2.47. The summed E-state index contributed by atoms with van der Waals surface area (Å²) in [5.74, 6) is -0.414. The van der Waals surface area contributed by atoms with Crippen LogP contribution < -0.4 is 15.5 Å². The van der Waals surface area contributed by atoms with Gasteiger partial charge in [-0.3, -0.25) is 9.59 Å². The van der Waals surface area contributed by atoms with E-state index in [9.17, 15) is 9.59 Å². The van der Waals surface area contributed by atoms with Gasteiger partial charge >= 0.3 is 0 Å². The highest BCUT2D eigenvalue weighted by atomic mass is 16.5. The Labute approximate surface area is 171 Å². The fourth-order valence-corrected chi connectivity index (χ4v) is 3.74. The number of hydrogen-bond donors (Lipinski definition) is 2. The molecule has 0 spiro atoms. The number of hydrogen-bond acceptors (Lipinski definition) is 4. The maximum absolute atomic E-state index is 13.0. The Hall–Kier alpha value is -2.86. The van der Waals surface area contributed by atoms with Crippen LogP contribution >= 0.6 is 0 Å². The first-order chi connectivity index (χ1) is 14.1. The van der Waals surface area contributed by atoms with Crippen LogP contribution in [0.5, 0.6) is 0 Å². The summed E-state index contributed by atoms with van der Waals surface area (Å²) in [5, 5.41) is 5.98. The molecular weight excluding hydrogens is 366 g/mol. The largest absolute Gasteiger partial charge is 0.378 e. The third-order valence-corrected chi connectivity index (χ3v) is 5.82. The van der Waals surface area contributed by atoms with Crippen LogP contribution in [0.1, 0.15) is 24.0 Å². The second kappa shape index (κ2) is 8.25. The van der Waals surface area contributed by atoms with Crippen LogP contribution in [-0.2, 0) is 20.9 Å². The Bertz CT molecular complexity index is 902.